The number of amides is 2. The first-order valence-corrected chi connectivity index (χ1v) is 15.9. The lowest BCUT2D eigenvalue weighted by molar-refractivity contribution is -0.140. The number of hydrogen-bond donors (Lipinski definition) is 1. The molecule has 2 amide bonds. The van der Waals surface area contributed by atoms with Crippen LogP contribution in [0.25, 0.3) is 0 Å². The zero-order chi connectivity index (χ0) is 29.6. The molecule has 3 aromatic carbocycles. The lowest BCUT2D eigenvalue weighted by atomic mass is 10.1. The van der Waals surface area contributed by atoms with Crippen LogP contribution in [-0.4, -0.2) is 43.8 Å². The average Bonchev–Trinajstić information content (AvgIpc) is 3.45. The van der Waals surface area contributed by atoms with E-state index in [1.165, 1.54) is 4.90 Å². The van der Waals surface area contributed by atoms with E-state index in [2.05, 4.69) is 5.32 Å². The quantitative estimate of drug-likeness (QED) is 0.294. The van der Waals surface area contributed by atoms with E-state index in [0.717, 1.165) is 41.1 Å². The molecule has 1 fully saturated rings. The summed E-state index contributed by atoms with van der Waals surface area (Å²) >= 11 is 6.19. The van der Waals surface area contributed by atoms with Gasteiger partial charge in [0.1, 0.15) is 12.6 Å². The molecule has 1 atom stereocenters. The maximum Gasteiger partial charge on any atom is 0.264 e. The largest absolute Gasteiger partial charge is 0.352 e. The second-order valence-electron chi connectivity index (χ2n) is 10.7. The summed E-state index contributed by atoms with van der Waals surface area (Å²) in [5.74, 6) is -0.674. The minimum Gasteiger partial charge on any atom is -0.352 e. The Bertz CT molecular complexity index is 1460. The van der Waals surface area contributed by atoms with Gasteiger partial charge in [0.25, 0.3) is 10.0 Å². The van der Waals surface area contributed by atoms with Crippen LogP contribution in [0.1, 0.15) is 55.7 Å². The van der Waals surface area contributed by atoms with Gasteiger partial charge < -0.3 is 10.2 Å². The second kappa shape index (κ2) is 13.5. The number of benzene rings is 3. The molecule has 1 aliphatic carbocycles. The van der Waals surface area contributed by atoms with Crippen LogP contribution >= 0.6 is 11.6 Å². The summed E-state index contributed by atoms with van der Waals surface area (Å²) in [7, 11) is -4.14. The number of nitrogens with zero attached hydrogens (tertiary/aromatic N) is 2. The van der Waals surface area contributed by atoms with E-state index in [1.54, 1.807) is 49.4 Å². The molecular formula is C32H38ClN3O4S. The summed E-state index contributed by atoms with van der Waals surface area (Å²) in [6.45, 7) is 5.21. The third-order valence-corrected chi connectivity index (χ3v) is 9.61. The molecule has 0 radical (unpaired) electrons. The van der Waals surface area contributed by atoms with Gasteiger partial charge in [-0.1, -0.05) is 79.4 Å². The van der Waals surface area contributed by atoms with Crippen molar-refractivity contribution < 1.29 is 18.0 Å². The number of sulfonamides is 1. The van der Waals surface area contributed by atoms with E-state index in [0.29, 0.717) is 22.7 Å². The monoisotopic (exact) mass is 595 g/mol. The van der Waals surface area contributed by atoms with E-state index in [1.807, 2.05) is 44.2 Å². The highest BCUT2D eigenvalue weighted by molar-refractivity contribution is 7.92. The fourth-order valence-electron chi connectivity index (χ4n) is 5.32. The molecule has 0 saturated heterocycles. The topological polar surface area (TPSA) is 86.8 Å². The molecule has 41 heavy (non-hydrogen) atoms. The Morgan fingerprint density at radius 3 is 2.24 bits per heavy atom. The molecular weight excluding hydrogens is 558 g/mol. The molecule has 7 nitrogen and oxygen atoms in total. The third kappa shape index (κ3) is 7.49. The van der Waals surface area contributed by atoms with Gasteiger partial charge in [0.05, 0.1) is 10.6 Å². The van der Waals surface area contributed by atoms with Crippen molar-refractivity contribution in [1.29, 1.82) is 0 Å². The van der Waals surface area contributed by atoms with Crippen molar-refractivity contribution in [3.63, 3.8) is 0 Å². The fraction of sp³-hybridized carbons (Fsp3) is 0.375. The normalized spacial score (nSPS) is 14.4. The van der Waals surface area contributed by atoms with Gasteiger partial charge in [-0.15, -0.1) is 0 Å². The first kappa shape index (κ1) is 30.6. The van der Waals surface area contributed by atoms with Gasteiger partial charge in [-0.2, -0.15) is 0 Å². The minimum absolute atomic E-state index is 0.0749. The van der Waals surface area contributed by atoms with Gasteiger partial charge >= 0.3 is 0 Å². The summed E-state index contributed by atoms with van der Waals surface area (Å²) in [6.07, 6.45) is 4.38. The number of carbonyl (C=O) groups excluding carboxylic acids is 2. The van der Waals surface area contributed by atoms with Crippen molar-refractivity contribution in [2.24, 2.45) is 0 Å². The van der Waals surface area contributed by atoms with Crippen molar-refractivity contribution in [3.05, 3.63) is 94.5 Å². The Morgan fingerprint density at radius 2 is 1.63 bits per heavy atom. The zero-order valence-corrected chi connectivity index (χ0v) is 25.4. The molecule has 0 aliphatic heterocycles. The first-order valence-electron chi connectivity index (χ1n) is 14.1. The number of carbonyl (C=O) groups is 2. The molecule has 0 unspecified atom stereocenters. The smallest absolute Gasteiger partial charge is 0.264 e. The summed E-state index contributed by atoms with van der Waals surface area (Å²) in [5, 5.41) is 3.60. The van der Waals surface area contributed by atoms with Crippen molar-refractivity contribution >= 4 is 39.1 Å². The molecule has 1 saturated carbocycles. The predicted molar refractivity (Wildman–Crippen MR) is 163 cm³/mol. The van der Waals surface area contributed by atoms with Crippen LogP contribution < -0.4 is 9.62 Å². The van der Waals surface area contributed by atoms with E-state index >= 15 is 0 Å². The summed E-state index contributed by atoms with van der Waals surface area (Å²) in [5.41, 5.74) is 2.74. The van der Waals surface area contributed by atoms with Crippen LogP contribution in [0.2, 0.25) is 5.02 Å². The Balaban J connectivity index is 1.73. The first-order chi connectivity index (χ1) is 19.6. The SMILES string of the molecule is CC[C@H](C(=O)NC1CCCC1)N(Cc1ccccc1)C(=O)CN(c1ccc(Cl)cc1C)S(=O)(=O)c1ccc(C)cc1. The number of aryl methyl sites for hydroxylation is 2. The van der Waals surface area contributed by atoms with Crippen LogP contribution in [0.15, 0.2) is 77.7 Å². The van der Waals surface area contributed by atoms with Crippen molar-refractivity contribution in [1.82, 2.24) is 10.2 Å². The molecule has 0 bridgehead atoms. The highest BCUT2D eigenvalue weighted by Crippen LogP contribution is 2.30. The Kier molecular flexibility index (Phi) is 10.1. The zero-order valence-electron chi connectivity index (χ0n) is 23.8. The molecule has 0 spiro atoms. The lowest BCUT2D eigenvalue weighted by Crippen LogP contribution is -2.53. The maximum atomic E-state index is 14.2. The van der Waals surface area contributed by atoms with Crippen LogP contribution in [0, 0.1) is 13.8 Å². The Hall–Kier alpha value is -3.36. The molecule has 1 N–H and O–H groups in total. The number of hydrogen-bond acceptors (Lipinski definition) is 4. The van der Waals surface area contributed by atoms with Crippen LogP contribution in [0.5, 0.6) is 0 Å². The molecule has 218 valence electrons. The Labute approximate surface area is 248 Å². The standard InChI is InChI=1S/C32H38ClN3O4S/c1-4-29(32(38)34-27-12-8-9-13-27)35(21-25-10-6-5-7-11-25)31(37)22-36(30-19-16-26(33)20-24(30)3)41(39,40)28-17-14-23(2)15-18-28/h5-7,10-11,14-20,27,29H,4,8-9,12-13,21-22H2,1-3H3,(H,34,38)/t29-/m1/s1. The molecule has 9 heteroatoms. The third-order valence-electron chi connectivity index (χ3n) is 7.60. The summed E-state index contributed by atoms with van der Waals surface area (Å²) in [4.78, 5) is 29.3. The average molecular weight is 596 g/mol. The van der Waals surface area contributed by atoms with Crippen molar-refractivity contribution in [3.8, 4) is 0 Å². The van der Waals surface area contributed by atoms with Crippen molar-refractivity contribution in [2.45, 2.75) is 76.4 Å². The van der Waals surface area contributed by atoms with E-state index in [-0.39, 0.29) is 23.4 Å². The van der Waals surface area contributed by atoms with Gasteiger partial charge in [0.15, 0.2) is 0 Å². The Morgan fingerprint density at radius 1 is 0.976 bits per heavy atom. The summed E-state index contributed by atoms with van der Waals surface area (Å²) < 4.78 is 29.2. The number of halogens is 1. The van der Waals surface area contributed by atoms with Crippen molar-refractivity contribution in [2.75, 3.05) is 10.8 Å². The number of nitrogens with one attached hydrogen (secondary N) is 1. The summed E-state index contributed by atoms with van der Waals surface area (Å²) in [6, 6.07) is 20.2. The van der Waals surface area contributed by atoms with E-state index in [9.17, 15) is 18.0 Å². The van der Waals surface area contributed by atoms with Gasteiger partial charge in [0, 0.05) is 17.6 Å². The van der Waals surface area contributed by atoms with E-state index in [4.69, 9.17) is 11.6 Å². The molecule has 3 aromatic rings. The lowest BCUT2D eigenvalue weighted by Gasteiger charge is -2.34. The number of rotatable bonds is 11. The maximum absolute atomic E-state index is 14.2. The second-order valence-corrected chi connectivity index (χ2v) is 13.0. The van der Waals surface area contributed by atoms with Crippen LogP contribution in [0.4, 0.5) is 5.69 Å². The van der Waals surface area contributed by atoms with Crippen LogP contribution in [0.3, 0.4) is 0 Å². The molecule has 0 heterocycles. The highest BCUT2D eigenvalue weighted by Gasteiger charge is 2.35. The molecule has 4 rings (SSSR count). The highest BCUT2D eigenvalue weighted by atomic mass is 35.5. The molecule has 0 aromatic heterocycles. The van der Waals surface area contributed by atoms with Gasteiger partial charge in [-0.05, 0) is 74.6 Å². The minimum atomic E-state index is -4.14. The van der Waals surface area contributed by atoms with Crippen LogP contribution in [-0.2, 0) is 26.2 Å². The predicted octanol–water partition coefficient (Wildman–Crippen LogP) is 6.02. The van der Waals surface area contributed by atoms with Gasteiger partial charge in [0.2, 0.25) is 11.8 Å². The van der Waals surface area contributed by atoms with E-state index < -0.39 is 28.5 Å². The van der Waals surface area contributed by atoms with Gasteiger partial charge in [-0.25, -0.2) is 8.42 Å². The van der Waals surface area contributed by atoms with Gasteiger partial charge in [-0.3, -0.25) is 13.9 Å². The fourth-order valence-corrected chi connectivity index (χ4v) is 7.02. The molecule has 1 aliphatic rings. The number of anilines is 1.